The van der Waals surface area contributed by atoms with Gasteiger partial charge in [0, 0.05) is 18.1 Å². The SMILES string of the molecule is CC(C)(NCc1cnc2ccccc2n1)c1nccs1. The molecule has 0 radical (unpaired) electrons. The fraction of sp³-hybridized carbons (Fsp3) is 0.267. The molecule has 1 N–H and O–H groups in total. The highest BCUT2D eigenvalue weighted by molar-refractivity contribution is 7.09. The first-order chi connectivity index (χ1) is 9.65. The lowest BCUT2D eigenvalue weighted by Gasteiger charge is -2.23. The minimum Gasteiger partial charge on any atom is -0.300 e. The van der Waals surface area contributed by atoms with E-state index < -0.39 is 0 Å². The third-order valence-corrected chi connectivity index (χ3v) is 4.27. The zero-order valence-electron chi connectivity index (χ0n) is 11.5. The van der Waals surface area contributed by atoms with Crippen LogP contribution in [0.4, 0.5) is 0 Å². The number of para-hydroxylation sites is 2. The molecule has 0 fully saturated rings. The Labute approximate surface area is 121 Å². The molecule has 102 valence electrons. The Hall–Kier alpha value is -1.85. The maximum atomic E-state index is 4.62. The smallest absolute Gasteiger partial charge is 0.112 e. The second-order valence-corrected chi connectivity index (χ2v) is 6.06. The molecular formula is C15H16N4S. The summed E-state index contributed by atoms with van der Waals surface area (Å²) in [6.45, 7) is 4.92. The molecule has 1 aromatic carbocycles. The van der Waals surface area contributed by atoms with Crippen LogP contribution in [0, 0.1) is 0 Å². The van der Waals surface area contributed by atoms with Crippen molar-refractivity contribution < 1.29 is 0 Å². The molecule has 0 aliphatic carbocycles. The van der Waals surface area contributed by atoms with Crippen molar-refractivity contribution in [3.63, 3.8) is 0 Å². The molecular weight excluding hydrogens is 268 g/mol. The Balaban J connectivity index is 1.77. The zero-order valence-corrected chi connectivity index (χ0v) is 12.3. The topological polar surface area (TPSA) is 50.7 Å². The highest BCUT2D eigenvalue weighted by Crippen LogP contribution is 2.22. The largest absolute Gasteiger partial charge is 0.300 e. The summed E-state index contributed by atoms with van der Waals surface area (Å²) in [6, 6.07) is 7.91. The van der Waals surface area contributed by atoms with Crippen molar-refractivity contribution in [3.8, 4) is 0 Å². The normalized spacial score (nSPS) is 11.9. The van der Waals surface area contributed by atoms with Gasteiger partial charge in [-0.25, -0.2) is 9.97 Å². The van der Waals surface area contributed by atoms with Crippen molar-refractivity contribution in [1.82, 2.24) is 20.3 Å². The average Bonchev–Trinajstić information content (AvgIpc) is 3.00. The lowest BCUT2D eigenvalue weighted by molar-refractivity contribution is 0.396. The number of benzene rings is 1. The third kappa shape index (κ3) is 2.69. The number of hydrogen-bond donors (Lipinski definition) is 1. The van der Waals surface area contributed by atoms with E-state index in [1.54, 1.807) is 11.3 Å². The highest BCUT2D eigenvalue weighted by Gasteiger charge is 2.22. The fourth-order valence-electron chi connectivity index (χ4n) is 2.00. The van der Waals surface area contributed by atoms with Gasteiger partial charge in [0.2, 0.25) is 0 Å². The Kier molecular flexibility index (Phi) is 3.46. The van der Waals surface area contributed by atoms with Crippen molar-refractivity contribution in [2.45, 2.75) is 25.9 Å². The van der Waals surface area contributed by atoms with Crippen molar-refractivity contribution in [2.24, 2.45) is 0 Å². The molecule has 2 heterocycles. The molecule has 3 aromatic rings. The van der Waals surface area contributed by atoms with E-state index in [0.717, 1.165) is 21.7 Å². The Morgan fingerprint density at radius 3 is 2.70 bits per heavy atom. The van der Waals surface area contributed by atoms with Crippen LogP contribution in [0.25, 0.3) is 11.0 Å². The van der Waals surface area contributed by atoms with Crippen LogP contribution in [0.1, 0.15) is 24.5 Å². The van der Waals surface area contributed by atoms with Crippen molar-refractivity contribution in [3.05, 3.63) is 52.7 Å². The Morgan fingerprint density at radius 2 is 1.95 bits per heavy atom. The van der Waals surface area contributed by atoms with E-state index in [0.29, 0.717) is 6.54 Å². The second kappa shape index (κ2) is 5.26. The first kappa shape index (κ1) is 13.1. The predicted octanol–water partition coefficient (Wildman–Crippen LogP) is 3.11. The van der Waals surface area contributed by atoms with Gasteiger partial charge in [-0.15, -0.1) is 11.3 Å². The van der Waals surface area contributed by atoms with Gasteiger partial charge in [-0.05, 0) is 26.0 Å². The van der Waals surface area contributed by atoms with Gasteiger partial charge in [-0.1, -0.05) is 12.1 Å². The molecule has 0 unspecified atom stereocenters. The van der Waals surface area contributed by atoms with E-state index in [-0.39, 0.29) is 5.54 Å². The molecule has 0 amide bonds. The van der Waals surface area contributed by atoms with Crippen LogP contribution < -0.4 is 5.32 Å². The van der Waals surface area contributed by atoms with Gasteiger partial charge >= 0.3 is 0 Å². The Morgan fingerprint density at radius 1 is 1.15 bits per heavy atom. The fourth-order valence-corrected chi connectivity index (χ4v) is 2.74. The van der Waals surface area contributed by atoms with Crippen LogP contribution in [0.3, 0.4) is 0 Å². The summed E-state index contributed by atoms with van der Waals surface area (Å²) in [4.78, 5) is 13.4. The number of nitrogens with one attached hydrogen (secondary N) is 1. The molecule has 4 nitrogen and oxygen atoms in total. The Bertz CT molecular complexity index is 707. The van der Waals surface area contributed by atoms with Crippen LogP contribution in [0.15, 0.2) is 42.0 Å². The van der Waals surface area contributed by atoms with Gasteiger partial charge in [0.25, 0.3) is 0 Å². The lowest BCUT2D eigenvalue weighted by atomic mass is 10.1. The quantitative estimate of drug-likeness (QED) is 0.800. The third-order valence-electron chi connectivity index (χ3n) is 3.18. The zero-order chi connectivity index (χ0) is 14.0. The summed E-state index contributed by atoms with van der Waals surface area (Å²) >= 11 is 1.66. The number of aromatic nitrogens is 3. The molecule has 0 atom stereocenters. The molecule has 0 bridgehead atoms. The molecule has 0 aliphatic rings. The molecule has 0 aliphatic heterocycles. The van der Waals surface area contributed by atoms with Gasteiger partial charge in [0.15, 0.2) is 0 Å². The average molecular weight is 284 g/mol. The second-order valence-electron chi connectivity index (χ2n) is 5.17. The number of rotatable bonds is 4. The monoisotopic (exact) mass is 284 g/mol. The summed E-state index contributed by atoms with van der Waals surface area (Å²) in [5.41, 5.74) is 2.63. The molecule has 0 saturated carbocycles. The van der Waals surface area contributed by atoms with E-state index in [4.69, 9.17) is 0 Å². The maximum Gasteiger partial charge on any atom is 0.112 e. The van der Waals surface area contributed by atoms with Crippen LogP contribution >= 0.6 is 11.3 Å². The van der Waals surface area contributed by atoms with E-state index in [2.05, 4.69) is 34.1 Å². The van der Waals surface area contributed by atoms with Crippen LogP contribution in [0.2, 0.25) is 0 Å². The highest BCUT2D eigenvalue weighted by atomic mass is 32.1. The molecule has 20 heavy (non-hydrogen) atoms. The minimum absolute atomic E-state index is 0.165. The molecule has 3 rings (SSSR count). The van der Waals surface area contributed by atoms with Crippen molar-refractivity contribution in [1.29, 1.82) is 0 Å². The predicted molar refractivity (Wildman–Crippen MR) is 81.5 cm³/mol. The molecule has 0 spiro atoms. The summed E-state index contributed by atoms with van der Waals surface area (Å²) in [7, 11) is 0. The first-order valence-electron chi connectivity index (χ1n) is 6.51. The van der Waals surface area contributed by atoms with Gasteiger partial charge < -0.3 is 5.32 Å². The molecule has 0 saturated heterocycles. The van der Waals surface area contributed by atoms with Gasteiger partial charge in [0.05, 0.1) is 28.5 Å². The van der Waals surface area contributed by atoms with Gasteiger partial charge in [0.1, 0.15) is 5.01 Å². The lowest BCUT2D eigenvalue weighted by Crippen LogP contribution is -2.36. The summed E-state index contributed by atoms with van der Waals surface area (Å²) in [6.07, 6.45) is 3.66. The minimum atomic E-state index is -0.165. The van der Waals surface area contributed by atoms with Crippen molar-refractivity contribution >= 4 is 22.4 Å². The van der Waals surface area contributed by atoms with Crippen LogP contribution in [0.5, 0.6) is 0 Å². The van der Waals surface area contributed by atoms with Crippen LogP contribution in [-0.2, 0) is 12.1 Å². The maximum absolute atomic E-state index is 4.62. The number of fused-ring (bicyclic) bond motifs is 1. The standard InChI is InChI=1S/C15H16N4S/c1-15(2,14-16-7-8-20-14)18-10-11-9-17-12-5-3-4-6-13(12)19-11/h3-9,18H,10H2,1-2H3. The number of nitrogens with zero attached hydrogens (tertiary/aromatic N) is 3. The first-order valence-corrected chi connectivity index (χ1v) is 7.39. The van der Waals surface area contributed by atoms with Gasteiger partial charge in [-0.2, -0.15) is 0 Å². The molecule has 5 heteroatoms. The summed E-state index contributed by atoms with van der Waals surface area (Å²) < 4.78 is 0. The molecule has 2 aromatic heterocycles. The van der Waals surface area contributed by atoms with E-state index in [9.17, 15) is 0 Å². The van der Waals surface area contributed by atoms with Crippen LogP contribution in [-0.4, -0.2) is 15.0 Å². The summed E-state index contributed by atoms with van der Waals surface area (Å²) in [5.74, 6) is 0. The number of hydrogen-bond acceptors (Lipinski definition) is 5. The van der Waals surface area contributed by atoms with E-state index in [1.165, 1.54) is 0 Å². The number of thiazole rings is 1. The van der Waals surface area contributed by atoms with Crippen molar-refractivity contribution in [2.75, 3.05) is 0 Å². The van der Waals surface area contributed by atoms with E-state index in [1.807, 2.05) is 42.0 Å². The summed E-state index contributed by atoms with van der Waals surface area (Å²) in [5, 5.41) is 6.56. The van der Waals surface area contributed by atoms with Gasteiger partial charge in [-0.3, -0.25) is 4.98 Å². The van der Waals surface area contributed by atoms with E-state index >= 15 is 0 Å².